The molecule has 0 rings (SSSR count). The van der Waals surface area contributed by atoms with Crippen LogP contribution in [0.15, 0.2) is 0 Å². The van der Waals surface area contributed by atoms with E-state index in [1.807, 2.05) is 0 Å². The third-order valence-corrected chi connectivity index (χ3v) is 1.24. The molecule has 0 aliphatic rings. The first kappa shape index (κ1) is 7.86. The van der Waals surface area contributed by atoms with Gasteiger partial charge >= 0.3 is 0 Å². The molecule has 0 bridgehead atoms. The van der Waals surface area contributed by atoms with Gasteiger partial charge in [0.15, 0.2) is 0 Å². The normalized spacial score (nSPS) is 15.8. The van der Waals surface area contributed by atoms with E-state index in [1.54, 1.807) is 0 Å². The maximum Gasteiger partial charge on any atom is 0.0952 e. The lowest BCUT2D eigenvalue weighted by atomic mass is 11.4. The highest BCUT2D eigenvalue weighted by atomic mass is 32.2. The monoisotopic (exact) mass is 150 g/mol. The van der Waals surface area contributed by atoms with E-state index in [0.717, 1.165) is 0 Å². The Hall–Kier alpha value is -0.140. The summed E-state index contributed by atoms with van der Waals surface area (Å²) in [4.78, 5) is 0. The Labute approximate surface area is 53.6 Å². The summed E-state index contributed by atoms with van der Waals surface area (Å²) in [6.07, 6.45) is 2.89. The molecule has 2 nitrogen and oxygen atoms in total. The summed E-state index contributed by atoms with van der Waals surface area (Å²) in [5.41, 5.74) is 0. The van der Waals surface area contributed by atoms with Crippen LogP contribution in [0.3, 0.4) is 0 Å². The van der Waals surface area contributed by atoms with E-state index in [-0.39, 0.29) is 0 Å². The van der Waals surface area contributed by atoms with Gasteiger partial charge < -0.3 is 0 Å². The van der Waals surface area contributed by atoms with E-state index in [1.165, 1.54) is 12.5 Å². The fourth-order valence-electron chi connectivity index (χ4n) is 0.117. The molecule has 0 amide bonds. The van der Waals surface area contributed by atoms with E-state index in [9.17, 15) is 8.42 Å². The van der Waals surface area contributed by atoms with Gasteiger partial charge in [0.25, 0.3) is 0 Å². The molecule has 0 aromatic heterocycles. The molecule has 0 heterocycles. The second-order valence-corrected chi connectivity index (χ2v) is 3.34. The number of rotatable bonds is 0. The molecule has 2 atom stereocenters. The highest BCUT2D eigenvalue weighted by Crippen LogP contribution is 1.69. The second-order valence-electron chi connectivity index (χ2n) is 1.11. The van der Waals surface area contributed by atoms with Crippen molar-refractivity contribution in [1.82, 2.24) is 0 Å². The molecule has 0 spiro atoms. The molecular formula is C4H6O2S2. The van der Waals surface area contributed by atoms with E-state index < -0.39 is 21.6 Å². The molecule has 0 saturated carbocycles. The smallest absolute Gasteiger partial charge is 0.0952 e. The first-order chi connectivity index (χ1) is 3.63. The van der Waals surface area contributed by atoms with Crippen molar-refractivity contribution in [3.63, 3.8) is 0 Å². The quantitative estimate of drug-likeness (QED) is 0.443. The van der Waals surface area contributed by atoms with E-state index in [2.05, 4.69) is 10.5 Å². The minimum absolute atomic E-state index is 1.14. The van der Waals surface area contributed by atoms with Gasteiger partial charge in [-0.25, -0.2) is 8.42 Å². The molecule has 0 saturated heterocycles. The average molecular weight is 150 g/mol. The maximum atomic E-state index is 10.2. The van der Waals surface area contributed by atoms with Crippen LogP contribution in [0.5, 0.6) is 0 Å². The topological polar surface area (TPSA) is 34.1 Å². The maximum absolute atomic E-state index is 10.2. The molecule has 0 aliphatic carbocycles. The third kappa shape index (κ3) is 5.86. The van der Waals surface area contributed by atoms with Crippen LogP contribution >= 0.6 is 0 Å². The summed E-state index contributed by atoms with van der Waals surface area (Å²) in [7, 11) is -2.28. The molecule has 0 radical (unpaired) electrons. The summed E-state index contributed by atoms with van der Waals surface area (Å²) in [5.74, 6) is 0. The summed E-state index contributed by atoms with van der Waals surface area (Å²) in [5, 5.41) is 4.53. The van der Waals surface area contributed by atoms with Crippen molar-refractivity contribution >= 4 is 21.6 Å². The number of hydrogen-bond acceptors (Lipinski definition) is 2. The van der Waals surface area contributed by atoms with Crippen LogP contribution in [0.25, 0.3) is 0 Å². The van der Waals surface area contributed by atoms with Crippen molar-refractivity contribution in [3.8, 4) is 10.5 Å². The minimum atomic E-state index is -1.14. The van der Waals surface area contributed by atoms with Gasteiger partial charge in [0, 0.05) is 23.0 Å². The number of hydrogen-bond donors (Lipinski definition) is 0. The fourth-order valence-corrected chi connectivity index (χ4v) is 1.06. The van der Waals surface area contributed by atoms with Gasteiger partial charge in [-0.05, 0) is 0 Å². The molecule has 0 aliphatic heterocycles. The van der Waals surface area contributed by atoms with Crippen molar-refractivity contribution in [3.05, 3.63) is 0 Å². The first-order valence-corrected chi connectivity index (χ1v) is 4.92. The van der Waals surface area contributed by atoms with Gasteiger partial charge in [-0.2, -0.15) is 0 Å². The van der Waals surface area contributed by atoms with Crippen LogP contribution in [-0.2, 0) is 21.6 Å². The second kappa shape index (κ2) is 3.81. The van der Waals surface area contributed by atoms with Crippen molar-refractivity contribution in [2.75, 3.05) is 12.5 Å². The standard InChI is InChI=1S/C4H6O2S2/c1-7(5)3-4-8(2)6/h1-2H3. The van der Waals surface area contributed by atoms with Crippen LogP contribution in [0.1, 0.15) is 0 Å². The van der Waals surface area contributed by atoms with Gasteiger partial charge in [-0.1, -0.05) is 0 Å². The minimum Gasteiger partial charge on any atom is -0.246 e. The molecule has 0 N–H and O–H groups in total. The SMILES string of the molecule is CS(=O)C#CS(C)=O. The lowest BCUT2D eigenvalue weighted by Gasteiger charge is -1.70. The summed E-state index contributed by atoms with van der Waals surface area (Å²) >= 11 is 0. The van der Waals surface area contributed by atoms with Gasteiger partial charge in [0.05, 0.1) is 21.6 Å². The molecule has 0 aromatic carbocycles. The highest BCUT2D eigenvalue weighted by molar-refractivity contribution is 7.92. The summed E-state index contributed by atoms with van der Waals surface area (Å²) in [6, 6.07) is 0. The highest BCUT2D eigenvalue weighted by Gasteiger charge is 1.77. The fraction of sp³-hybridized carbons (Fsp3) is 0.500. The Kier molecular flexibility index (Phi) is 3.75. The predicted octanol–water partition coefficient (Wildman–Crippen LogP) is -0.338. The zero-order valence-corrected chi connectivity index (χ0v) is 6.27. The van der Waals surface area contributed by atoms with Gasteiger partial charge in [-0.3, -0.25) is 0 Å². The lowest BCUT2D eigenvalue weighted by Crippen LogP contribution is -1.79. The van der Waals surface area contributed by atoms with Gasteiger partial charge in [-0.15, -0.1) is 0 Å². The van der Waals surface area contributed by atoms with Crippen molar-refractivity contribution < 1.29 is 8.42 Å². The largest absolute Gasteiger partial charge is 0.246 e. The predicted molar refractivity (Wildman–Crippen MR) is 35.9 cm³/mol. The van der Waals surface area contributed by atoms with Crippen LogP contribution in [0.4, 0.5) is 0 Å². The molecule has 0 aromatic rings. The Balaban J connectivity index is 3.87. The summed E-state index contributed by atoms with van der Waals surface area (Å²) < 4.78 is 20.3. The third-order valence-electron chi connectivity index (χ3n) is 0.329. The Morgan fingerprint density at radius 1 is 1.00 bits per heavy atom. The molecule has 8 heavy (non-hydrogen) atoms. The van der Waals surface area contributed by atoms with Crippen molar-refractivity contribution in [2.24, 2.45) is 0 Å². The van der Waals surface area contributed by atoms with Crippen LogP contribution in [-0.4, -0.2) is 20.9 Å². The van der Waals surface area contributed by atoms with Gasteiger partial charge in [0.1, 0.15) is 0 Å². The van der Waals surface area contributed by atoms with E-state index >= 15 is 0 Å². The summed E-state index contributed by atoms with van der Waals surface area (Å²) in [6.45, 7) is 0. The van der Waals surface area contributed by atoms with E-state index in [0.29, 0.717) is 0 Å². The van der Waals surface area contributed by atoms with Crippen molar-refractivity contribution in [1.29, 1.82) is 0 Å². The zero-order valence-electron chi connectivity index (χ0n) is 4.63. The van der Waals surface area contributed by atoms with Crippen LogP contribution in [0, 0.1) is 10.5 Å². The molecule has 0 fully saturated rings. The average Bonchev–Trinajstić information content (AvgIpc) is 1.61. The Morgan fingerprint density at radius 3 is 1.38 bits per heavy atom. The Bertz CT molecular complexity index is 156. The van der Waals surface area contributed by atoms with Crippen LogP contribution in [0.2, 0.25) is 0 Å². The zero-order chi connectivity index (χ0) is 6.57. The van der Waals surface area contributed by atoms with E-state index in [4.69, 9.17) is 0 Å². The molecule has 4 heteroatoms. The molecule has 46 valence electrons. The lowest BCUT2D eigenvalue weighted by molar-refractivity contribution is 0.691. The first-order valence-electron chi connectivity index (χ1n) is 1.81. The van der Waals surface area contributed by atoms with Crippen molar-refractivity contribution in [2.45, 2.75) is 0 Å². The molecular weight excluding hydrogens is 144 g/mol. The Morgan fingerprint density at radius 2 is 1.25 bits per heavy atom. The van der Waals surface area contributed by atoms with Gasteiger partial charge in [0.2, 0.25) is 0 Å². The van der Waals surface area contributed by atoms with Crippen LogP contribution < -0.4 is 0 Å². The molecule has 2 unspecified atom stereocenters.